The van der Waals surface area contributed by atoms with Crippen LogP contribution in [-0.2, 0) is 11.3 Å². The lowest BCUT2D eigenvalue weighted by Gasteiger charge is -2.13. The van der Waals surface area contributed by atoms with Gasteiger partial charge in [0, 0.05) is 31.8 Å². The van der Waals surface area contributed by atoms with Gasteiger partial charge in [0.15, 0.2) is 0 Å². The van der Waals surface area contributed by atoms with Crippen molar-refractivity contribution in [3.05, 3.63) is 18.0 Å². The molecular formula is C12H21N3O2. The largest absolute Gasteiger partial charge is 0.396 e. The third kappa shape index (κ3) is 5.49. The summed E-state index contributed by atoms with van der Waals surface area (Å²) in [5, 5.41) is 15.7. The average Bonchev–Trinajstić information content (AvgIpc) is 2.70. The maximum Gasteiger partial charge on any atom is 0.222 e. The molecule has 1 rings (SSSR count). The molecule has 0 aliphatic carbocycles. The minimum atomic E-state index is 0.0311. The summed E-state index contributed by atoms with van der Waals surface area (Å²) in [7, 11) is 0. The van der Waals surface area contributed by atoms with E-state index in [4.69, 9.17) is 5.11 Å². The maximum atomic E-state index is 11.6. The van der Waals surface area contributed by atoms with E-state index in [1.807, 2.05) is 20.0 Å². The highest BCUT2D eigenvalue weighted by Gasteiger charge is 2.07. The van der Waals surface area contributed by atoms with Crippen molar-refractivity contribution in [1.82, 2.24) is 15.1 Å². The summed E-state index contributed by atoms with van der Waals surface area (Å²) in [6.07, 6.45) is 5.66. The Morgan fingerprint density at radius 2 is 2.41 bits per heavy atom. The molecule has 5 nitrogen and oxygen atoms in total. The van der Waals surface area contributed by atoms with Crippen LogP contribution in [-0.4, -0.2) is 33.4 Å². The molecule has 96 valence electrons. The minimum Gasteiger partial charge on any atom is -0.396 e. The van der Waals surface area contributed by atoms with E-state index >= 15 is 0 Å². The molecule has 0 aliphatic heterocycles. The molecular weight excluding hydrogens is 218 g/mol. The van der Waals surface area contributed by atoms with Crippen molar-refractivity contribution in [3.63, 3.8) is 0 Å². The number of hydrogen-bond donors (Lipinski definition) is 2. The van der Waals surface area contributed by atoms with Crippen molar-refractivity contribution in [1.29, 1.82) is 0 Å². The Bertz CT molecular complexity index is 349. The van der Waals surface area contributed by atoms with Gasteiger partial charge in [-0.25, -0.2) is 0 Å². The molecule has 1 unspecified atom stereocenters. The molecule has 0 aromatic carbocycles. The Balaban J connectivity index is 2.21. The number of aliphatic hydroxyl groups is 1. The topological polar surface area (TPSA) is 67.2 Å². The molecule has 17 heavy (non-hydrogen) atoms. The first-order chi connectivity index (χ1) is 8.11. The fourth-order valence-electron chi connectivity index (χ4n) is 1.62. The first-order valence-electron chi connectivity index (χ1n) is 6.01. The fourth-order valence-corrected chi connectivity index (χ4v) is 1.62. The summed E-state index contributed by atoms with van der Waals surface area (Å²) in [5.41, 5.74) is 1.10. The van der Waals surface area contributed by atoms with Crippen molar-refractivity contribution >= 4 is 5.91 Å². The van der Waals surface area contributed by atoms with Gasteiger partial charge in [-0.1, -0.05) is 0 Å². The second-order valence-corrected chi connectivity index (χ2v) is 4.37. The van der Waals surface area contributed by atoms with E-state index in [1.165, 1.54) is 0 Å². The highest BCUT2D eigenvalue weighted by molar-refractivity contribution is 5.76. The van der Waals surface area contributed by atoms with Gasteiger partial charge in [0.2, 0.25) is 5.91 Å². The molecule has 1 aromatic heterocycles. The van der Waals surface area contributed by atoms with E-state index < -0.39 is 0 Å². The van der Waals surface area contributed by atoms with Gasteiger partial charge in [0.05, 0.1) is 6.20 Å². The van der Waals surface area contributed by atoms with Crippen LogP contribution in [0.4, 0.5) is 0 Å². The molecule has 1 heterocycles. The summed E-state index contributed by atoms with van der Waals surface area (Å²) in [4.78, 5) is 11.6. The molecule has 0 saturated heterocycles. The second kappa shape index (κ2) is 7.06. The van der Waals surface area contributed by atoms with Crippen LogP contribution >= 0.6 is 0 Å². The lowest BCUT2D eigenvalue weighted by Crippen LogP contribution is -2.33. The van der Waals surface area contributed by atoms with Crippen LogP contribution in [0.25, 0.3) is 0 Å². The van der Waals surface area contributed by atoms with Gasteiger partial charge in [-0.2, -0.15) is 5.10 Å². The van der Waals surface area contributed by atoms with Crippen LogP contribution in [0.5, 0.6) is 0 Å². The van der Waals surface area contributed by atoms with E-state index in [9.17, 15) is 4.79 Å². The monoisotopic (exact) mass is 239 g/mol. The van der Waals surface area contributed by atoms with Crippen LogP contribution in [0.3, 0.4) is 0 Å². The normalized spacial score (nSPS) is 12.4. The van der Waals surface area contributed by atoms with Gasteiger partial charge in [-0.15, -0.1) is 0 Å². The molecule has 0 saturated carbocycles. The summed E-state index contributed by atoms with van der Waals surface area (Å²) in [5.74, 6) is 0.0311. The minimum absolute atomic E-state index is 0.0311. The molecule has 1 amide bonds. The zero-order valence-electron chi connectivity index (χ0n) is 10.5. The number of nitrogens with one attached hydrogen (secondary N) is 1. The van der Waals surface area contributed by atoms with Crippen LogP contribution in [0.15, 0.2) is 12.4 Å². The van der Waals surface area contributed by atoms with Gasteiger partial charge in [0.1, 0.15) is 0 Å². The molecule has 5 heteroatoms. The molecule has 0 radical (unpaired) electrons. The van der Waals surface area contributed by atoms with E-state index in [-0.39, 0.29) is 18.6 Å². The average molecular weight is 239 g/mol. The van der Waals surface area contributed by atoms with Crippen LogP contribution in [0.2, 0.25) is 0 Å². The molecule has 0 aliphatic rings. The van der Waals surface area contributed by atoms with Crippen molar-refractivity contribution < 1.29 is 9.90 Å². The van der Waals surface area contributed by atoms with Crippen LogP contribution in [0, 0.1) is 6.92 Å². The van der Waals surface area contributed by atoms with Crippen LogP contribution < -0.4 is 5.32 Å². The highest BCUT2D eigenvalue weighted by atomic mass is 16.3. The van der Waals surface area contributed by atoms with Gasteiger partial charge < -0.3 is 10.4 Å². The third-order valence-corrected chi connectivity index (χ3v) is 2.53. The SMILES string of the molecule is Cc1cnn(CCC(=O)NC(C)CCCO)c1. The summed E-state index contributed by atoms with van der Waals surface area (Å²) >= 11 is 0. The summed E-state index contributed by atoms with van der Waals surface area (Å²) < 4.78 is 1.77. The number of amides is 1. The first kappa shape index (κ1) is 13.7. The summed E-state index contributed by atoms with van der Waals surface area (Å²) in [6.45, 7) is 4.70. The van der Waals surface area contributed by atoms with E-state index in [1.54, 1.807) is 10.9 Å². The molecule has 1 aromatic rings. The van der Waals surface area contributed by atoms with Crippen molar-refractivity contribution in [2.75, 3.05) is 6.61 Å². The molecule has 0 fully saturated rings. The van der Waals surface area contributed by atoms with Gasteiger partial charge in [-0.3, -0.25) is 9.48 Å². The molecule has 2 N–H and O–H groups in total. The quantitative estimate of drug-likeness (QED) is 0.741. The van der Waals surface area contributed by atoms with Crippen molar-refractivity contribution in [2.45, 2.75) is 45.7 Å². The van der Waals surface area contributed by atoms with Crippen molar-refractivity contribution in [3.8, 4) is 0 Å². The predicted molar refractivity (Wildman–Crippen MR) is 65.5 cm³/mol. The van der Waals surface area contributed by atoms with E-state index in [0.717, 1.165) is 18.4 Å². The first-order valence-corrected chi connectivity index (χ1v) is 6.01. The maximum absolute atomic E-state index is 11.6. The van der Waals surface area contributed by atoms with Gasteiger partial charge in [0.25, 0.3) is 0 Å². The zero-order valence-corrected chi connectivity index (χ0v) is 10.5. The Labute approximate surface area is 102 Å². The number of rotatable bonds is 7. The summed E-state index contributed by atoms with van der Waals surface area (Å²) in [6, 6.07) is 0.119. The molecule has 0 bridgehead atoms. The Morgan fingerprint density at radius 3 is 3.00 bits per heavy atom. The number of carbonyl (C=O) groups is 1. The van der Waals surface area contributed by atoms with Gasteiger partial charge >= 0.3 is 0 Å². The molecule has 1 atom stereocenters. The third-order valence-electron chi connectivity index (χ3n) is 2.53. The number of aryl methyl sites for hydroxylation is 2. The van der Waals surface area contributed by atoms with Crippen molar-refractivity contribution in [2.24, 2.45) is 0 Å². The standard InChI is InChI=1S/C12H21N3O2/c1-10-8-13-15(9-10)6-5-12(17)14-11(2)4-3-7-16/h8-9,11,16H,3-7H2,1-2H3,(H,14,17). The van der Waals surface area contributed by atoms with Crippen LogP contribution in [0.1, 0.15) is 31.7 Å². The smallest absolute Gasteiger partial charge is 0.222 e. The lowest BCUT2D eigenvalue weighted by atomic mass is 10.2. The number of nitrogens with zero attached hydrogens (tertiary/aromatic N) is 2. The number of aromatic nitrogens is 2. The lowest BCUT2D eigenvalue weighted by molar-refractivity contribution is -0.122. The number of hydrogen-bond acceptors (Lipinski definition) is 3. The molecule has 0 spiro atoms. The predicted octanol–water partition coefficient (Wildman–Crippen LogP) is 0.859. The van der Waals surface area contributed by atoms with E-state index in [0.29, 0.717) is 13.0 Å². The van der Waals surface area contributed by atoms with E-state index in [2.05, 4.69) is 10.4 Å². The fraction of sp³-hybridized carbons (Fsp3) is 0.667. The second-order valence-electron chi connectivity index (χ2n) is 4.37. The number of carbonyl (C=O) groups excluding carboxylic acids is 1. The Hall–Kier alpha value is -1.36. The zero-order chi connectivity index (χ0) is 12.7. The number of aliphatic hydroxyl groups excluding tert-OH is 1. The Morgan fingerprint density at radius 1 is 1.65 bits per heavy atom. The Kier molecular flexibility index (Phi) is 5.69. The highest BCUT2D eigenvalue weighted by Crippen LogP contribution is 1.98. The van der Waals surface area contributed by atoms with Gasteiger partial charge in [-0.05, 0) is 32.3 Å².